The van der Waals surface area contributed by atoms with Gasteiger partial charge in [-0.15, -0.1) is 0 Å². The summed E-state index contributed by atoms with van der Waals surface area (Å²) in [6, 6.07) is 13.6. The van der Waals surface area contributed by atoms with Crippen LogP contribution in [0.25, 0.3) is 11.3 Å². The lowest BCUT2D eigenvalue weighted by Gasteiger charge is -2.09. The van der Waals surface area contributed by atoms with Gasteiger partial charge in [0.05, 0.1) is 11.2 Å². The highest BCUT2D eigenvalue weighted by atomic mass is 35.5. The first-order valence-corrected chi connectivity index (χ1v) is 8.43. The molecule has 0 saturated heterocycles. The number of amides is 1. The van der Waals surface area contributed by atoms with Crippen LogP contribution in [0.3, 0.4) is 0 Å². The highest BCUT2D eigenvalue weighted by Crippen LogP contribution is 2.29. The molecule has 0 radical (unpaired) electrons. The molecule has 8 heteroatoms. The minimum absolute atomic E-state index is 0.0201. The van der Waals surface area contributed by atoms with Crippen LogP contribution in [0.5, 0.6) is 5.75 Å². The Morgan fingerprint density at radius 1 is 1.22 bits per heavy atom. The average molecular weight is 393 g/mol. The van der Waals surface area contributed by atoms with E-state index in [0.29, 0.717) is 23.8 Å². The van der Waals surface area contributed by atoms with Gasteiger partial charge in [0.1, 0.15) is 5.75 Å². The van der Waals surface area contributed by atoms with Gasteiger partial charge in [0.2, 0.25) is 5.91 Å². The van der Waals surface area contributed by atoms with Crippen LogP contribution < -0.4 is 10.1 Å². The zero-order valence-corrected chi connectivity index (χ0v) is 14.7. The van der Waals surface area contributed by atoms with Crippen molar-refractivity contribution in [2.24, 2.45) is 0 Å². The normalized spacial score (nSPS) is 10.8. The maximum atomic E-state index is 12.2. The third kappa shape index (κ3) is 5.27. The molecule has 3 aromatic rings. The van der Waals surface area contributed by atoms with Crippen molar-refractivity contribution in [3.8, 4) is 17.1 Å². The number of oxazole rings is 1. The molecule has 1 heterocycles. The molecular weight excluding hydrogens is 378 g/mol. The smallest absolute Gasteiger partial charge is 0.387 e. The van der Waals surface area contributed by atoms with Gasteiger partial charge in [0.25, 0.3) is 0 Å². The Morgan fingerprint density at radius 3 is 2.70 bits per heavy atom. The predicted octanol–water partition coefficient (Wildman–Crippen LogP) is 5.17. The van der Waals surface area contributed by atoms with Crippen molar-refractivity contribution in [3.05, 3.63) is 65.6 Å². The quantitative estimate of drug-likeness (QED) is 0.602. The fourth-order valence-corrected chi connectivity index (χ4v) is 2.60. The maximum Gasteiger partial charge on any atom is 0.387 e. The molecule has 27 heavy (non-hydrogen) atoms. The molecule has 1 aromatic heterocycles. The Hall–Kier alpha value is -2.93. The van der Waals surface area contributed by atoms with Crippen LogP contribution in [0.15, 0.2) is 59.1 Å². The van der Waals surface area contributed by atoms with Crippen LogP contribution in [0.2, 0.25) is 5.02 Å². The first kappa shape index (κ1) is 18.8. The van der Waals surface area contributed by atoms with Gasteiger partial charge in [-0.2, -0.15) is 8.78 Å². The minimum atomic E-state index is -2.97. The number of alkyl halides is 2. The summed E-state index contributed by atoms with van der Waals surface area (Å²) in [4.78, 5) is 16.2. The molecule has 2 aromatic carbocycles. The summed E-state index contributed by atoms with van der Waals surface area (Å²) < 4.78 is 34.3. The van der Waals surface area contributed by atoms with Gasteiger partial charge < -0.3 is 14.5 Å². The zero-order chi connectivity index (χ0) is 19.2. The number of nitrogens with zero attached hydrogens (tertiary/aromatic N) is 1. The van der Waals surface area contributed by atoms with E-state index in [0.717, 1.165) is 5.56 Å². The third-order valence-corrected chi connectivity index (χ3v) is 3.90. The van der Waals surface area contributed by atoms with Crippen molar-refractivity contribution >= 4 is 23.2 Å². The average Bonchev–Trinajstić information content (AvgIpc) is 3.12. The number of halogens is 3. The van der Waals surface area contributed by atoms with Crippen molar-refractivity contribution in [3.63, 3.8) is 0 Å². The van der Waals surface area contributed by atoms with Gasteiger partial charge in [-0.1, -0.05) is 41.9 Å². The van der Waals surface area contributed by atoms with E-state index < -0.39 is 6.61 Å². The number of carbonyl (C=O) groups excluding carboxylic acids is 1. The van der Waals surface area contributed by atoms with Crippen LogP contribution in [-0.2, 0) is 11.2 Å². The summed E-state index contributed by atoms with van der Waals surface area (Å²) in [5, 5.41) is 2.62. The van der Waals surface area contributed by atoms with E-state index in [4.69, 9.17) is 16.0 Å². The molecule has 1 N–H and O–H groups in total. The number of rotatable bonds is 7. The van der Waals surface area contributed by atoms with Crippen LogP contribution >= 0.6 is 11.6 Å². The van der Waals surface area contributed by atoms with E-state index in [-0.39, 0.29) is 23.1 Å². The summed E-state index contributed by atoms with van der Waals surface area (Å²) in [6.45, 7) is -2.97. The lowest BCUT2D eigenvalue weighted by Crippen LogP contribution is -2.12. The Bertz CT molecular complexity index is 916. The van der Waals surface area contributed by atoms with Crippen LogP contribution in [0.4, 0.5) is 14.5 Å². The third-order valence-electron chi connectivity index (χ3n) is 3.61. The Morgan fingerprint density at radius 2 is 2.00 bits per heavy atom. The first-order valence-electron chi connectivity index (χ1n) is 8.05. The highest BCUT2D eigenvalue weighted by Gasteiger charge is 2.12. The fraction of sp³-hybridized carbons (Fsp3) is 0.158. The minimum Gasteiger partial charge on any atom is -0.441 e. The Kier molecular flexibility index (Phi) is 6.03. The number of hydrogen-bond acceptors (Lipinski definition) is 4. The van der Waals surface area contributed by atoms with Gasteiger partial charge in [0.15, 0.2) is 11.7 Å². The van der Waals surface area contributed by atoms with Crippen molar-refractivity contribution < 1.29 is 22.7 Å². The van der Waals surface area contributed by atoms with Crippen molar-refractivity contribution in [2.45, 2.75) is 19.5 Å². The van der Waals surface area contributed by atoms with E-state index in [1.165, 1.54) is 18.2 Å². The van der Waals surface area contributed by atoms with E-state index in [1.807, 2.05) is 30.3 Å². The maximum absolute atomic E-state index is 12.2. The summed E-state index contributed by atoms with van der Waals surface area (Å²) in [6.07, 6.45) is 2.07. The summed E-state index contributed by atoms with van der Waals surface area (Å²) >= 11 is 5.86. The lowest BCUT2D eigenvalue weighted by molar-refractivity contribution is -0.116. The molecule has 0 bridgehead atoms. The number of nitrogens with one attached hydrogen (secondary N) is 1. The lowest BCUT2D eigenvalue weighted by atomic mass is 10.2. The molecule has 0 aliphatic heterocycles. The number of aryl methyl sites for hydroxylation is 1. The number of carbonyl (C=O) groups is 1. The molecule has 0 unspecified atom stereocenters. The van der Waals surface area contributed by atoms with E-state index >= 15 is 0 Å². The van der Waals surface area contributed by atoms with Gasteiger partial charge in [-0.25, -0.2) is 4.98 Å². The molecule has 5 nitrogen and oxygen atoms in total. The first-order chi connectivity index (χ1) is 13.0. The monoisotopic (exact) mass is 392 g/mol. The van der Waals surface area contributed by atoms with E-state index in [2.05, 4.69) is 15.0 Å². The second-order valence-corrected chi connectivity index (χ2v) is 5.96. The van der Waals surface area contributed by atoms with Gasteiger partial charge in [-0.3, -0.25) is 4.79 Å². The predicted molar refractivity (Wildman–Crippen MR) is 97.0 cm³/mol. The van der Waals surface area contributed by atoms with Crippen molar-refractivity contribution in [1.29, 1.82) is 0 Å². The largest absolute Gasteiger partial charge is 0.441 e. The molecule has 0 saturated carbocycles. The molecule has 140 valence electrons. The van der Waals surface area contributed by atoms with Crippen LogP contribution in [0.1, 0.15) is 12.3 Å². The second kappa shape index (κ2) is 8.64. The summed E-state index contributed by atoms with van der Waals surface area (Å²) in [7, 11) is 0. The standard InChI is InChI=1S/C19H15ClF2N2O3/c20-14-10-13(6-7-15(14)27-19(21)22)24-17(25)8-9-18-23-11-16(26-18)12-4-2-1-3-5-12/h1-7,10-11,19H,8-9H2,(H,24,25). The van der Waals surface area contributed by atoms with Crippen LogP contribution in [-0.4, -0.2) is 17.5 Å². The summed E-state index contributed by atoms with van der Waals surface area (Å²) in [5.74, 6) is 0.640. The van der Waals surface area contributed by atoms with Gasteiger partial charge in [0, 0.05) is 24.1 Å². The molecule has 0 aliphatic carbocycles. The number of anilines is 1. The molecule has 0 atom stereocenters. The molecule has 0 spiro atoms. The molecule has 1 amide bonds. The molecule has 3 rings (SSSR count). The van der Waals surface area contributed by atoms with E-state index in [9.17, 15) is 13.6 Å². The number of benzene rings is 2. The molecule has 0 aliphatic rings. The second-order valence-electron chi connectivity index (χ2n) is 5.56. The zero-order valence-electron chi connectivity index (χ0n) is 14.0. The fourth-order valence-electron chi connectivity index (χ4n) is 2.38. The Labute approximate surface area is 158 Å². The van der Waals surface area contributed by atoms with Gasteiger partial charge in [-0.05, 0) is 18.2 Å². The summed E-state index contributed by atoms with van der Waals surface area (Å²) in [5.41, 5.74) is 1.28. The number of aromatic nitrogens is 1. The SMILES string of the molecule is O=C(CCc1ncc(-c2ccccc2)o1)Nc1ccc(OC(F)F)c(Cl)c1. The molecule has 0 fully saturated rings. The number of hydrogen-bond donors (Lipinski definition) is 1. The highest BCUT2D eigenvalue weighted by molar-refractivity contribution is 6.32. The van der Waals surface area contributed by atoms with Crippen molar-refractivity contribution in [1.82, 2.24) is 4.98 Å². The van der Waals surface area contributed by atoms with E-state index in [1.54, 1.807) is 6.20 Å². The Balaban J connectivity index is 1.54. The molecular formula is C19H15ClF2N2O3. The topological polar surface area (TPSA) is 64.4 Å². The van der Waals surface area contributed by atoms with Gasteiger partial charge >= 0.3 is 6.61 Å². The van der Waals surface area contributed by atoms with Crippen molar-refractivity contribution in [2.75, 3.05) is 5.32 Å². The van der Waals surface area contributed by atoms with Crippen LogP contribution in [0, 0.1) is 0 Å². The number of ether oxygens (including phenoxy) is 1.